The van der Waals surface area contributed by atoms with Gasteiger partial charge in [-0.25, -0.2) is 4.90 Å². The number of imide groups is 1. The van der Waals surface area contributed by atoms with Crippen LogP contribution in [0.3, 0.4) is 0 Å². The van der Waals surface area contributed by atoms with E-state index in [1.54, 1.807) is 0 Å². The molecular formula is C16H13N3O7. The lowest BCUT2D eigenvalue weighted by Gasteiger charge is -2.41. The van der Waals surface area contributed by atoms with Gasteiger partial charge in [-0.1, -0.05) is 0 Å². The normalized spacial score (nSPS) is 29.8. The number of amides is 2. The number of hydrogen-bond donors (Lipinski definition) is 0. The van der Waals surface area contributed by atoms with E-state index in [9.17, 15) is 34.6 Å². The first kappa shape index (κ1) is 16.3. The molecule has 3 saturated carbocycles. The van der Waals surface area contributed by atoms with Crippen molar-refractivity contribution in [3.8, 4) is 0 Å². The average Bonchev–Trinajstić information content (AvgIpc) is 2.87. The number of non-ortho nitro benzene ring substituents is 2. The van der Waals surface area contributed by atoms with Gasteiger partial charge in [-0.15, -0.1) is 0 Å². The maximum Gasteiger partial charge on any atom is 0.278 e. The molecule has 0 N–H and O–H groups in total. The van der Waals surface area contributed by atoms with Crippen LogP contribution in [0.4, 0.5) is 17.1 Å². The first-order valence-corrected chi connectivity index (χ1v) is 8.14. The Labute approximate surface area is 146 Å². The maximum atomic E-state index is 12.9. The van der Waals surface area contributed by atoms with E-state index in [1.165, 1.54) is 0 Å². The third-order valence-electron chi connectivity index (χ3n) is 5.63. The monoisotopic (exact) mass is 359 g/mol. The fraction of sp³-hybridized carbons (Fsp3) is 0.438. The van der Waals surface area contributed by atoms with Gasteiger partial charge in [-0.3, -0.25) is 34.6 Å². The molecule has 4 aliphatic rings. The number of hydrogen-bond acceptors (Lipinski definition) is 7. The minimum Gasteiger partial charge on any atom is -0.299 e. The molecule has 10 nitrogen and oxygen atoms in total. The third kappa shape index (κ3) is 2.14. The molecule has 2 bridgehead atoms. The van der Waals surface area contributed by atoms with Crippen molar-refractivity contribution < 1.29 is 24.2 Å². The lowest BCUT2D eigenvalue weighted by molar-refractivity contribution is -0.394. The van der Waals surface area contributed by atoms with Crippen LogP contribution in [-0.2, 0) is 14.4 Å². The molecule has 4 atom stereocenters. The minimum atomic E-state index is -0.818. The van der Waals surface area contributed by atoms with E-state index in [1.807, 2.05) is 0 Å². The maximum absolute atomic E-state index is 12.9. The largest absolute Gasteiger partial charge is 0.299 e. The Morgan fingerprint density at radius 1 is 0.885 bits per heavy atom. The Hall–Kier alpha value is -3.17. The molecule has 26 heavy (non-hydrogen) atoms. The molecule has 134 valence electrons. The summed E-state index contributed by atoms with van der Waals surface area (Å²) in [5, 5.41) is 22.1. The number of Topliss-reactive ketones (excluding diaryl/α,β-unsaturated/α-hetero) is 1. The fourth-order valence-electron chi connectivity index (χ4n) is 4.56. The fourth-order valence-corrected chi connectivity index (χ4v) is 4.56. The highest BCUT2D eigenvalue weighted by molar-refractivity contribution is 6.23. The molecule has 1 heterocycles. The van der Waals surface area contributed by atoms with Gasteiger partial charge in [0.15, 0.2) is 0 Å². The highest BCUT2D eigenvalue weighted by Gasteiger charge is 2.61. The highest BCUT2D eigenvalue weighted by Crippen LogP contribution is 2.52. The van der Waals surface area contributed by atoms with Crippen molar-refractivity contribution in [2.45, 2.75) is 19.3 Å². The molecule has 1 saturated heterocycles. The number of fused-ring (bicyclic) bond motifs is 2. The standard InChI is InChI=1S/C16H13N3O7/c20-12-3-7-1-2-11(12)14-13(7)15(21)17(16(14)22)8-4-9(18(23)24)6-10(5-8)19(25)26/h4-7,11,13-14H,1-3H2/t7-,11+,13+,14-/m1/s1. The summed E-state index contributed by atoms with van der Waals surface area (Å²) in [6.07, 6.45) is 1.49. The summed E-state index contributed by atoms with van der Waals surface area (Å²) in [5.41, 5.74) is -1.35. The second-order valence-electron chi connectivity index (χ2n) is 6.90. The molecule has 1 aromatic rings. The van der Waals surface area contributed by atoms with Crippen LogP contribution in [0.1, 0.15) is 19.3 Å². The van der Waals surface area contributed by atoms with Gasteiger partial charge in [0.25, 0.3) is 11.4 Å². The second-order valence-corrected chi connectivity index (χ2v) is 6.90. The molecule has 2 amide bonds. The number of carbonyl (C=O) groups excluding carboxylic acids is 3. The van der Waals surface area contributed by atoms with Gasteiger partial charge in [-0.05, 0) is 18.8 Å². The summed E-state index contributed by atoms with van der Waals surface area (Å²) < 4.78 is 0. The molecular weight excluding hydrogens is 346 g/mol. The summed E-state index contributed by atoms with van der Waals surface area (Å²) in [6.45, 7) is 0. The number of carbonyl (C=O) groups is 3. The lowest BCUT2D eigenvalue weighted by Crippen LogP contribution is -2.46. The molecule has 4 fully saturated rings. The molecule has 0 unspecified atom stereocenters. The average molecular weight is 359 g/mol. The quantitative estimate of drug-likeness (QED) is 0.453. The third-order valence-corrected chi connectivity index (χ3v) is 5.63. The zero-order chi connectivity index (χ0) is 18.7. The van der Waals surface area contributed by atoms with Crippen LogP contribution in [0, 0.1) is 43.9 Å². The Bertz CT molecular complexity index is 864. The minimum absolute atomic E-state index is 0.0319. The summed E-state index contributed by atoms with van der Waals surface area (Å²) >= 11 is 0. The SMILES string of the molecule is O=C1C[C@H]2CC[C@@H]1[C@H]1C(=O)N(c3cc([N+](=O)[O-])cc([N+](=O)[O-])c3)C(=O)[C@@H]21. The Kier molecular flexibility index (Phi) is 3.40. The summed E-state index contributed by atoms with van der Waals surface area (Å²) in [4.78, 5) is 59.1. The Balaban J connectivity index is 1.80. The van der Waals surface area contributed by atoms with E-state index in [4.69, 9.17) is 0 Å². The van der Waals surface area contributed by atoms with Crippen molar-refractivity contribution >= 4 is 34.7 Å². The first-order chi connectivity index (χ1) is 12.3. The summed E-state index contributed by atoms with van der Waals surface area (Å²) in [7, 11) is 0. The van der Waals surface area contributed by atoms with E-state index in [-0.39, 0.29) is 23.8 Å². The van der Waals surface area contributed by atoms with Crippen LogP contribution >= 0.6 is 0 Å². The predicted molar refractivity (Wildman–Crippen MR) is 85.1 cm³/mol. The number of ketones is 1. The molecule has 0 spiro atoms. The predicted octanol–water partition coefficient (Wildman–Crippen LogP) is 1.61. The number of nitro groups is 2. The van der Waals surface area contributed by atoms with Crippen LogP contribution in [-0.4, -0.2) is 27.4 Å². The zero-order valence-corrected chi connectivity index (χ0v) is 13.4. The van der Waals surface area contributed by atoms with Crippen molar-refractivity contribution in [1.82, 2.24) is 0 Å². The number of nitro benzene ring substituents is 2. The van der Waals surface area contributed by atoms with Gasteiger partial charge in [0.1, 0.15) is 5.78 Å². The van der Waals surface area contributed by atoms with Crippen molar-refractivity contribution in [2.24, 2.45) is 23.7 Å². The van der Waals surface area contributed by atoms with E-state index in [0.717, 1.165) is 23.1 Å². The Morgan fingerprint density at radius 3 is 2.00 bits per heavy atom. The van der Waals surface area contributed by atoms with Crippen LogP contribution in [0.25, 0.3) is 0 Å². The van der Waals surface area contributed by atoms with Gasteiger partial charge >= 0.3 is 0 Å². The van der Waals surface area contributed by atoms with E-state index >= 15 is 0 Å². The van der Waals surface area contributed by atoms with E-state index in [0.29, 0.717) is 12.8 Å². The van der Waals surface area contributed by atoms with Crippen LogP contribution in [0.2, 0.25) is 0 Å². The lowest BCUT2D eigenvalue weighted by atomic mass is 9.59. The summed E-state index contributed by atoms with van der Waals surface area (Å²) in [5.74, 6) is -3.28. The molecule has 10 heteroatoms. The van der Waals surface area contributed by atoms with Crippen molar-refractivity contribution in [1.29, 1.82) is 0 Å². The van der Waals surface area contributed by atoms with Crippen LogP contribution in [0.5, 0.6) is 0 Å². The van der Waals surface area contributed by atoms with Crippen molar-refractivity contribution in [3.05, 3.63) is 38.4 Å². The smallest absolute Gasteiger partial charge is 0.278 e. The van der Waals surface area contributed by atoms with Gasteiger partial charge in [-0.2, -0.15) is 0 Å². The molecule has 5 rings (SSSR count). The summed E-state index contributed by atoms with van der Waals surface area (Å²) in [6, 6.07) is 2.72. The highest BCUT2D eigenvalue weighted by atomic mass is 16.6. The number of benzene rings is 1. The molecule has 0 radical (unpaired) electrons. The van der Waals surface area contributed by atoms with Gasteiger partial charge in [0, 0.05) is 24.5 Å². The topological polar surface area (TPSA) is 141 Å². The van der Waals surface area contributed by atoms with E-state index < -0.39 is 50.8 Å². The molecule has 1 aromatic carbocycles. The number of anilines is 1. The number of nitrogens with zero attached hydrogens (tertiary/aromatic N) is 3. The van der Waals surface area contributed by atoms with Crippen molar-refractivity contribution in [2.75, 3.05) is 4.90 Å². The second kappa shape index (κ2) is 5.41. The van der Waals surface area contributed by atoms with Gasteiger partial charge in [0.05, 0.1) is 33.4 Å². The van der Waals surface area contributed by atoms with Crippen LogP contribution in [0.15, 0.2) is 18.2 Å². The van der Waals surface area contributed by atoms with Gasteiger partial charge in [0.2, 0.25) is 11.8 Å². The zero-order valence-electron chi connectivity index (χ0n) is 13.4. The number of rotatable bonds is 3. The van der Waals surface area contributed by atoms with Gasteiger partial charge < -0.3 is 0 Å². The molecule has 3 aliphatic carbocycles. The molecule has 1 aliphatic heterocycles. The van der Waals surface area contributed by atoms with Crippen molar-refractivity contribution in [3.63, 3.8) is 0 Å². The molecule has 0 aromatic heterocycles. The Morgan fingerprint density at radius 2 is 1.46 bits per heavy atom. The van der Waals surface area contributed by atoms with E-state index in [2.05, 4.69) is 0 Å². The first-order valence-electron chi connectivity index (χ1n) is 8.14. The van der Waals surface area contributed by atoms with Crippen LogP contribution < -0.4 is 4.90 Å².